The van der Waals surface area contributed by atoms with Crippen molar-refractivity contribution in [2.45, 2.75) is 45.1 Å². The standard InChI is InChI=1S/C32H36FN3O3/c1-22-7-4-11-28(33)29(22)32(39)36-19-6-10-27(30(36)24-14-12-23(13-15-24)16-20-37)31(38)34-25-8-5-9-26(21-25)35-17-2-3-18-35/h4-5,7-9,11-15,21,27,30,37H,2-3,6,10,16-20H2,1H3,(H,34,38)/t27-,30-/m0/s1. The molecular formula is C32H36FN3O3. The summed E-state index contributed by atoms with van der Waals surface area (Å²) in [5.74, 6) is -1.61. The summed E-state index contributed by atoms with van der Waals surface area (Å²) in [5.41, 5.74) is 4.25. The van der Waals surface area contributed by atoms with Gasteiger partial charge in [0.05, 0.1) is 17.5 Å². The summed E-state index contributed by atoms with van der Waals surface area (Å²) in [6, 6.07) is 19.7. The van der Waals surface area contributed by atoms with E-state index in [4.69, 9.17) is 0 Å². The first-order valence-electron chi connectivity index (χ1n) is 13.9. The molecule has 204 valence electrons. The van der Waals surface area contributed by atoms with Crippen molar-refractivity contribution in [3.8, 4) is 0 Å². The number of halogens is 1. The Kier molecular flexibility index (Phi) is 8.27. The van der Waals surface area contributed by atoms with Crippen LogP contribution in [0.2, 0.25) is 0 Å². The van der Waals surface area contributed by atoms with E-state index in [1.54, 1.807) is 24.0 Å². The summed E-state index contributed by atoms with van der Waals surface area (Å²) in [7, 11) is 0. The lowest BCUT2D eigenvalue weighted by Gasteiger charge is -2.41. The van der Waals surface area contributed by atoms with Crippen molar-refractivity contribution >= 4 is 23.2 Å². The minimum absolute atomic E-state index is 0.0431. The molecule has 2 N–H and O–H groups in total. The number of carbonyl (C=O) groups is 2. The Labute approximate surface area is 229 Å². The van der Waals surface area contributed by atoms with E-state index in [1.807, 2.05) is 42.5 Å². The van der Waals surface area contributed by atoms with Gasteiger partial charge in [0.15, 0.2) is 0 Å². The molecule has 2 aliphatic heterocycles. The lowest BCUT2D eigenvalue weighted by atomic mass is 9.83. The van der Waals surface area contributed by atoms with Crippen LogP contribution in [0.1, 0.15) is 58.8 Å². The second kappa shape index (κ2) is 12.0. The number of aliphatic hydroxyl groups is 1. The second-order valence-electron chi connectivity index (χ2n) is 10.6. The smallest absolute Gasteiger partial charge is 0.257 e. The van der Waals surface area contributed by atoms with Crippen LogP contribution in [0.4, 0.5) is 15.8 Å². The zero-order chi connectivity index (χ0) is 27.4. The molecular weight excluding hydrogens is 493 g/mol. The van der Waals surface area contributed by atoms with Crippen LogP contribution in [0.15, 0.2) is 66.7 Å². The summed E-state index contributed by atoms with van der Waals surface area (Å²) in [6.07, 6.45) is 4.12. The van der Waals surface area contributed by atoms with E-state index in [2.05, 4.69) is 16.3 Å². The van der Waals surface area contributed by atoms with Gasteiger partial charge >= 0.3 is 0 Å². The maximum Gasteiger partial charge on any atom is 0.257 e. The van der Waals surface area contributed by atoms with E-state index in [0.29, 0.717) is 31.4 Å². The maximum atomic E-state index is 14.9. The predicted molar refractivity (Wildman–Crippen MR) is 151 cm³/mol. The van der Waals surface area contributed by atoms with Gasteiger partial charge in [-0.25, -0.2) is 4.39 Å². The van der Waals surface area contributed by atoms with Crippen LogP contribution in [-0.2, 0) is 11.2 Å². The number of piperidine rings is 1. The zero-order valence-corrected chi connectivity index (χ0v) is 22.4. The SMILES string of the molecule is Cc1cccc(F)c1C(=O)N1CCC[C@H](C(=O)Nc2cccc(N3CCCC3)c2)[C@@H]1c1ccc(CCO)cc1. The highest BCUT2D eigenvalue weighted by atomic mass is 19.1. The summed E-state index contributed by atoms with van der Waals surface area (Å²) in [6.45, 7) is 4.24. The third-order valence-corrected chi connectivity index (χ3v) is 7.97. The molecule has 2 saturated heterocycles. The van der Waals surface area contributed by atoms with Crippen molar-refractivity contribution in [3.63, 3.8) is 0 Å². The number of nitrogens with zero attached hydrogens (tertiary/aromatic N) is 2. The van der Waals surface area contributed by atoms with Gasteiger partial charge in [-0.2, -0.15) is 0 Å². The normalized spacial score (nSPS) is 19.3. The molecule has 2 fully saturated rings. The highest BCUT2D eigenvalue weighted by Gasteiger charge is 2.40. The first kappa shape index (κ1) is 26.9. The second-order valence-corrected chi connectivity index (χ2v) is 10.6. The number of aryl methyl sites for hydroxylation is 1. The quantitative estimate of drug-likeness (QED) is 0.424. The molecule has 5 rings (SSSR count). The van der Waals surface area contributed by atoms with Crippen LogP contribution in [-0.4, -0.2) is 48.1 Å². The minimum Gasteiger partial charge on any atom is -0.396 e. The Bertz CT molecular complexity index is 1300. The monoisotopic (exact) mass is 529 g/mol. The van der Waals surface area contributed by atoms with Crippen molar-refractivity contribution in [3.05, 3.63) is 94.8 Å². The number of rotatable bonds is 7. The first-order valence-corrected chi connectivity index (χ1v) is 13.9. The molecule has 0 unspecified atom stereocenters. The van der Waals surface area contributed by atoms with Crippen molar-refractivity contribution in [1.82, 2.24) is 4.90 Å². The van der Waals surface area contributed by atoms with Crippen molar-refractivity contribution in [2.24, 2.45) is 5.92 Å². The van der Waals surface area contributed by atoms with Crippen LogP contribution in [0.5, 0.6) is 0 Å². The van der Waals surface area contributed by atoms with Crippen LogP contribution in [0.3, 0.4) is 0 Å². The molecule has 2 heterocycles. The third kappa shape index (κ3) is 5.83. The lowest BCUT2D eigenvalue weighted by Crippen LogP contribution is -2.46. The first-order chi connectivity index (χ1) is 19.0. The fraction of sp³-hybridized carbons (Fsp3) is 0.375. The molecule has 0 saturated carbocycles. The molecule has 6 nitrogen and oxygen atoms in total. The van der Waals surface area contributed by atoms with Gasteiger partial charge in [-0.05, 0) is 80.0 Å². The zero-order valence-electron chi connectivity index (χ0n) is 22.4. The molecule has 2 atom stereocenters. The van der Waals surface area contributed by atoms with Gasteiger partial charge in [0, 0.05) is 37.6 Å². The molecule has 7 heteroatoms. The molecule has 3 aromatic carbocycles. The largest absolute Gasteiger partial charge is 0.396 e. The van der Waals surface area contributed by atoms with Gasteiger partial charge in [-0.15, -0.1) is 0 Å². The summed E-state index contributed by atoms with van der Waals surface area (Å²) >= 11 is 0. The van der Waals surface area contributed by atoms with E-state index in [1.165, 1.54) is 18.9 Å². The number of aliphatic hydroxyl groups excluding tert-OH is 1. The van der Waals surface area contributed by atoms with E-state index in [0.717, 1.165) is 35.6 Å². The number of likely N-dealkylation sites (tertiary alicyclic amines) is 1. The molecule has 2 amide bonds. The number of amides is 2. The molecule has 0 spiro atoms. The molecule has 0 bridgehead atoms. The fourth-order valence-electron chi connectivity index (χ4n) is 5.96. The highest BCUT2D eigenvalue weighted by Crippen LogP contribution is 2.39. The molecule has 2 aliphatic rings. The Balaban J connectivity index is 1.46. The van der Waals surface area contributed by atoms with Crippen molar-refractivity contribution < 1.29 is 19.1 Å². The molecule has 39 heavy (non-hydrogen) atoms. The van der Waals surface area contributed by atoms with Crippen LogP contribution < -0.4 is 10.2 Å². The van der Waals surface area contributed by atoms with Gasteiger partial charge in [0.1, 0.15) is 5.82 Å². The number of hydrogen-bond donors (Lipinski definition) is 2. The fourth-order valence-corrected chi connectivity index (χ4v) is 5.96. The van der Waals surface area contributed by atoms with Crippen LogP contribution in [0.25, 0.3) is 0 Å². The van der Waals surface area contributed by atoms with Crippen molar-refractivity contribution in [2.75, 3.05) is 36.5 Å². The van der Waals surface area contributed by atoms with E-state index in [-0.39, 0.29) is 18.1 Å². The molecule has 0 aromatic heterocycles. The summed E-state index contributed by atoms with van der Waals surface area (Å²) < 4.78 is 14.9. The Hall–Kier alpha value is -3.71. The summed E-state index contributed by atoms with van der Waals surface area (Å²) in [5, 5.41) is 12.4. The number of hydrogen-bond acceptors (Lipinski definition) is 4. The van der Waals surface area contributed by atoms with Gasteiger partial charge in [-0.1, -0.05) is 42.5 Å². The van der Waals surface area contributed by atoms with Gasteiger partial charge in [0.2, 0.25) is 5.91 Å². The van der Waals surface area contributed by atoms with E-state index >= 15 is 0 Å². The lowest BCUT2D eigenvalue weighted by molar-refractivity contribution is -0.123. The predicted octanol–water partition coefficient (Wildman–Crippen LogP) is 5.50. The van der Waals surface area contributed by atoms with E-state index in [9.17, 15) is 19.1 Å². The number of carbonyl (C=O) groups excluding carboxylic acids is 2. The third-order valence-electron chi connectivity index (χ3n) is 7.97. The van der Waals surface area contributed by atoms with Crippen molar-refractivity contribution in [1.29, 1.82) is 0 Å². The van der Waals surface area contributed by atoms with Crippen LogP contribution >= 0.6 is 0 Å². The molecule has 0 radical (unpaired) electrons. The topological polar surface area (TPSA) is 72.9 Å². The van der Waals surface area contributed by atoms with Gasteiger partial charge in [-0.3, -0.25) is 9.59 Å². The number of benzene rings is 3. The maximum absolute atomic E-state index is 14.9. The van der Waals surface area contributed by atoms with Gasteiger partial charge in [0.25, 0.3) is 5.91 Å². The number of nitrogens with one attached hydrogen (secondary N) is 1. The average molecular weight is 530 g/mol. The molecule has 3 aromatic rings. The average Bonchev–Trinajstić information content (AvgIpc) is 3.49. The molecule has 0 aliphatic carbocycles. The van der Waals surface area contributed by atoms with E-state index < -0.39 is 23.7 Å². The summed E-state index contributed by atoms with van der Waals surface area (Å²) in [4.78, 5) is 31.6. The Morgan fingerprint density at radius 1 is 0.974 bits per heavy atom. The Morgan fingerprint density at radius 2 is 1.72 bits per heavy atom. The van der Waals surface area contributed by atoms with Gasteiger partial charge < -0.3 is 20.2 Å². The number of anilines is 2. The van der Waals surface area contributed by atoms with Crippen LogP contribution in [0, 0.1) is 18.7 Å². The Morgan fingerprint density at radius 3 is 2.44 bits per heavy atom. The highest BCUT2D eigenvalue weighted by molar-refractivity contribution is 5.98. The minimum atomic E-state index is -0.553.